The SMILES string of the molecule is CC(Cc1cccs1)NC(=O)CCn1nc2ccccn2c1=O. The first-order valence-corrected chi connectivity index (χ1v) is 8.37. The number of amides is 1. The number of aromatic nitrogens is 3. The molecule has 1 amide bonds. The Morgan fingerprint density at radius 3 is 2.96 bits per heavy atom. The van der Waals surface area contributed by atoms with E-state index in [2.05, 4.69) is 16.5 Å². The van der Waals surface area contributed by atoms with Crippen LogP contribution in [0.5, 0.6) is 0 Å². The number of nitrogens with one attached hydrogen (secondary N) is 1. The molecule has 23 heavy (non-hydrogen) atoms. The molecule has 3 aromatic rings. The molecule has 0 saturated heterocycles. The van der Waals surface area contributed by atoms with Crippen molar-refractivity contribution in [1.29, 1.82) is 0 Å². The Bertz CT molecular complexity index is 850. The van der Waals surface area contributed by atoms with Crippen LogP contribution >= 0.6 is 11.3 Å². The predicted molar refractivity (Wildman–Crippen MR) is 89.7 cm³/mol. The summed E-state index contributed by atoms with van der Waals surface area (Å²) in [4.78, 5) is 25.4. The van der Waals surface area contributed by atoms with Crippen molar-refractivity contribution in [2.24, 2.45) is 0 Å². The fourth-order valence-electron chi connectivity index (χ4n) is 2.45. The van der Waals surface area contributed by atoms with Gasteiger partial charge in [-0.1, -0.05) is 12.1 Å². The highest BCUT2D eigenvalue weighted by Crippen LogP contribution is 2.10. The first-order chi connectivity index (χ1) is 11.1. The summed E-state index contributed by atoms with van der Waals surface area (Å²) in [7, 11) is 0. The van der Waals surface area contributed by atoms with Crippen LogP contribution in [0.1, 0.15) is 18.2 Å². The van der Waals surface area contributed by atoms with Gasteiger partial charge in [0, 0.05) is 30.0 Å². The van der Waals surface area contributed by atoms with Crippen molar-refractivity contribution in [2.45, 2.75) is 32.4 Å². The molecule has 1 N–H and O–H groups in total. The molecular weight excluding hydrogens is 312 g/mol. The van der Waals surface area contributed by atoms with E-state index in [-0.39, 0.29) is 30.6 Å². The maximum Gasteiger partial charge on any atom is 0.350 e. The fraction of sp³-hybridized carbons (Fsp3) is 0.312. The number of fused-ring (bicyclic) bond motifs is 1. The number of carbonyl (C=O) groups is 1. The highest BCUT2D eigenvalue weighted by atomic mass is 32.1. The highest BCUT2D eigenvalue weighted by molar-refractivity contribution is 7.09. The maximum atomic E-state index is 12.1. The van der Waals surface area contributed by atoms with E-state index < -0.39 is 0 Å². The van der Waals surface area contributed by atoms with Crippen molar-refractivity contribution in [2.75, 3.05) is 0 Å². The molecule has 1 atom stereocenters. The Morgan fingerprint density at radius 2 is 2.22 bits per heavy atom. The molecule has 0 bridgehead atoms. The van der Waals surface area contributed by atoms with Crippen molar-refractivity contribution in [3.63, 3.8) is 0 Å². The van der Waals surface area contributed by atoms with E-state index >= 15 is 0 Å². The summed E-state index contributed by atoms with van der Waals surface area (Å²) in [6.07, 6.45) is 2.72. The van der Waals surface area contributed by atoms with Crippen LogP contribution < -0.4 is 11.0 Å². The number of hydrogen-bond acceptors (Lipinski definition) is 4. The standard InChI is InChI=1S/C16H18N4O2S/c1-12(11-13-5-4-10-23-13)17-15(21)7-9-20-16(22)19-8-3-2-6-14(19)18-20/h2-6,8,10,12H,7,9,11H2,1H3,(H,17,21). The average Bonchev–Trinajstić information content (AvgIpc) is 3.14. The second-order valence-corrected chi connectivity index (χ2v) is 6.47. The maximum absolute atomic E-state index is 12.1. The molecule has 0 aliphatic carbocycles. The van der Waals surface area contributed by atoms with Gasteiger partial charge in [-0.25, -0.2) is 9.48 Å². The third kappa shape index (κ3) is 3.68. The van der Waals surface area contributed by atoms with Crippen LogP contribution in [0, 0.1) is 0 Å². The second kappa shape index (κ2) is 6.78. The van der Waals surface area contributed by atoms with Gasteiger partial charge in [-0.2, -0.15) is 0 Å². The molecule has 0 fully saturated rings. The first-order valence-electron chi connectivity index (χ1n) is 7.49. The molecule has 3 heterocycles. The molecule has 120 valence electrons. The Labute approximate surface area is 137 Å². The molecule has 0 saturated carbocycles. The molecule has 0 aliphatic heterocycles. The molecule has 6 nitrogen and oxygen atoms in total. The highest BCUT2D eigenvalue weighted by Gasteiger charge is 2.11. The average molecular weight is 330 g/mol. The number of thiophene rings is 1. The molecule has 0 aliphatic rings. The van der Waals surface area contributed by atoms with Crippen LogP contribution in [0.4, 0.5) is 0 Å². The van der Waals surface area contributed by atoms with Crippen LogP contribution in [0.3, 0.4) is 0 Å². The molecule has 0 radical (unpaired) electrons. The number of aryl methyl sites for hydroxylation is 1. The molecule has 3 aromatic heterocycles. The summed E-state index contributed by atoms with van der Waals surface area (Å²) in [6, 6.07) is 9.50. The van der Waals surface area contributed by atoms with Crippen molar-refractivity contribution >= 4 is 22.9 Å². The normalized spacial score (nSPS) is 12.4. The third-order valence-electron chi connectivity index (χ3n) is 3.53. The van der Waals surface area contributed by atoms with E-state index in [0.717, 1.165) is 6.42 Å². The lowest BCUT2D eigenvalue weighted by Crippen LogP contribution is -2.35. The van der Waals surface area contributed by atoms with Gasteiger partial charge in [0.25, 0.3) is 0 Å². The third-order valence-corrected chi connectivity index (χ3v) is 4.43. The van der Waals surface area contributed by atoms with Gasteiger partial charge in [-0.3, -0.25) is 9.20 Å². The summed E-state index contributed by atoms with van der Waals surface area (Å²) in [6.45, 7) is 2.26. The topological polar surface area (TPSA) is 68.4 Å². The van der Waals surface area contributed by atoms with Crippen LogP contribution in [-0.2, 0) is 17.8 Å². The summed E-state index contributed by atoms with van der Waals surface area (Å²) >= 11 is 1.68. The van der Waals surface area contributed by atoms with Crippen LogP contribution in [-0.4, -0.2) is 26.1 Å². The summed E-state index contributed by atoms with van der Waals surface area (Å²) < 4.78 is 2.80. The fourth-order valence-corrected chi connectivity index (χ4v) is 3.29. The van der Waals surface area contributed by atoms with Gasteiger partial charge >= 0.3 is 5.69 Å². The first kappa shape index (κ1) is 15.5. The smallest absolute Gasteiger partial charge is 0.350 e. The van der Waals surface area contributed by atoms with Gasteiger partial charge in [-0.05, 0) is 30.5 Å². The van der Waals surface area contributed by atoms with Crippen molar-refractivity contribution in [3.8, 4) is 0 Å². The zero-order valence-electron chi connectivity index (χ0n) is 12.8. The van der Waals surface area contributed by atoms with E-state index in [9.17, 15) is 9.59 Å². The number of pyridine rings is 1. The van der Waals surface area contributed by atoms with Crippen molar-refractivity contribution in [3.05, 3.63) is 57.3 Å². The van der Waals surface area contributed by atoms with Crippen molar-refractivity contribution < 1.29 is 4.79 Å². The largest absolute Gasteiger partial charge is 0.353 e. The molecule has 0 spiro atoms. The number of nitrogens with zero attached hydrogens (tertiary/aromatic N) is 3. The molecular formula is C16H18N4O2S. The van der Waals surface area contributed by atoms with Crippen molar-refractivity contribution in [1.82, 2.24) is 19.5 Å². The van der Waals surface area contributed by atoms with Gasteiger partial charge in [0.2, 0.25) is 5.91 Å². The van der Waals surface area contributed by atoms with Gasteiger partial charge in [0.05, 0.1) is 6.54 Å². The Kier molecular flexibility index (Phi) is 4.57. The van der Waals surface area contributed by atoms with Crippen LogP contribution in [0.2, 0.25) is 0 Å². The summed E-state index contributed by atoms with van der Waals surface area (Å²) in [5.74, 6) is -0.0713. The van der Waals surface area contributed by atoms with E-state index in [1.54, 1.807) is 29.7 Å². The lowest BCUT2D eigenvalue weighted by atomic mass is 10.2. The molecule has 0 aromatic carbocycles. The number of carbonyl (C=O) groups excluding carboxylic acids is 1. The Balaban J connectivity index is 1.55. The second-order valence-electron chi connectivity index (χ2n) is 5.44. The van der Waals surface area contributed by atoms with E-state index in [1.165, 1.54) is 14.0 Å². The zero-order valence-corrected chi connectivity index (χ0v) is 13.6. The van der Waals surface area contributed by atoms with Gasteiger partial charge in [0.15, 0.2) is 5.65 Å². The molecule has 1 unspecified atom stereocenters. The summed E-state index contributed by atoms with van der Waals surface area (Å²) in [5, 5.41) is 9.20. The minimum atomic E-state index is -0.222. The lowest BCUT2D eigenvalue weighted by molar-refractivity contribution is -0.121. The lowest BCUT2D eigenvalue weighted by Gasteiger charge is -2.12. The molecule has 7 heteroatoms. The Hall–Kier alpha value is -2.41. The van der Waals surface area contributed by atoms with Gasteiger partial charge < -0.3 is 5.32 Å². The Morgan fingerprint density at radius 1 is 1.35 bits per heavy atom. The zero-order chi connectivity index (χ0) is 16.2. The summed E-state index contributed by atoms with van der Waals surface area (Å²) in [5.41, 5.74) is 0.365. The van der Waals surface area contributed by atoms with Gasteiger partial charge in [-0.15, -0.1) is 16.4 Å². The van der Waals surface area contributed by atoms with E-state index in [0.29, 0.717) is 5.65 Å². The monoisotopic (exact) mass is 330 g/mol. The minimum absolute atomic E-state index is 0.0685. The van der Waals surface area contributed by atoms with E-state index in [1.807, 2.05) is 24.4 Å². The predicted octanol–water partition coefficient (Wildman–Crippen LogP) is 1.69. The number of rotatable bonds is 6. The quantitative estimate of drug-likeness (QED) is 0.748. The van der Waals surface area contributed by atoms with E-state index in [4.69, 9.17) is 0 Å². The van der Waals surface area contributed by atoms with Crippen LogP contribution in [0.15, 0.2) is 46.7 Å². The van der Waals surface area contributed by atoms with Crippen LogP contribution in [0.25, 0.3) is 5.65 Å². The number of hydrogen-bond donors (Lipinski definition) is 1. The molecule has 3 rings (SSSR count). The minimum Gasteiger partial charge on any atom is -0.353 e. The van der Waals surface area contributed by atoms with Gasteiger partial charge in [0.1, 0.15) is 0 Å².